The minimum atomic E-state index is -0.147. The number of aliphatic hydroxyl groups is 2. The van der Waals surface area contributed by atoms with E-state index in [9.17, 15) is 10.2 Å². The topological polar surface area (TPSA) is 40.5 Å². The summed E-state index contributed by atoms with van der Waals surface area (Å²) in [6.45, 7) is 19.7. The number of hydrogen-bond acceptors (Lipinski definition) is 2. The molecule has 5 saturated carbocycles. The first-order valence-corrected chi connectivity index (χ1v) is 13.8. The van der Waals surface area contributed by atoms with Crippen LogP contribution in [0.3, 0.4) is 0 Å². The molecule has 182 valence electrons. The van der Waals surface area contributed by atoms with Gasteiger partial charge in [-0.25, -0.2) is 0 Å². The van der Waals surface area contributed by atoms with Crippen molar-refractivity contribution in [2.45, 2.75) is 112 Å². The van der Waals surface area contributed by atoms with E-state index >= 15 is 0 Å². The molecule has 0 aromatic rings. The van der Waals surface area contributed by atoms with Gasteiger partial charge >= 0.3 is 0 Å². The van der Waals surface area contributed by atoms with Crippen LogP contribution in [0.15, 0.2) is 12.2 Å². The van der Waals surface area contributed by atoms with Crippen molar-refractivity contribution in [3.8, 4) is 0 Å². The van der Waals surface area contributed by atoms with E-state index in [-0.39, 0.29) is 16.9 Å². The van der Waals surface area contributed by atoms with Crippen molar-refractivity contribution in [1.29, 1.82) is 0 Å². The van der Waals surface area contributed by atoms with E-state index in [4.69, 9.17) is 0 Å². The summed E-state index contributed by atoms with van der Waals surface area (Å²) in [6, 6.07) is 0. The summed E-state index contributed by atoms with van der Waals surface area (Å²) in [5.41, 5.74) is 2.60. The molecule has 5 aliphatic rings. The monoisotopic (exact) mass is 442 g/mol. The van der Waals surface area contributed by atoms with Crippen LogP contribution < -0.4 is 0 Å². The summed E-state index contributed by atoms with van der Waals surface area (Å²) in [7, 11) is 0. The zero-order valence-corrected chi connectivity index (χ0v) is 21.8. The molecule has 5 aliphatic carbocycles. The highest BCUT2D eigenvalue weighted by molar-refractivity contribution is 5.21. The van der Waals surface area contributed by atoms with Gasteiger partial charge in [0, 0.05) is 6.61 Å². The molecule has 2 heteroatoms. The Balaban J connectivity index is 1.55. The van der Waals surface area contributed by atoms with Crippen molar-refractivity contribution in [2.75, 3.05) is 6.61 Å². The van der Waals surface area contributed by atoms with Gasteiger partial charge in [-0.2, -0.15) is 0 Å². The zero-order valence-electron chi connectivity index (χ0n) is 21.8. The van der Waals surface area contributed by atoms with Crippen LogP contribution in [0.25, 0.3) is 0 Å². The van der Waals surface area contributed by atoms with Gasteiger partial charge in [-0.15, -0.1) is 0 Å². The number of rotatable bonds is 2. The number of fused-ring (bicyclic) bond motifs is 7. The fourth-order valence-electron chi connectivity index (χ4n) is 11.5. The summed E-state index contributed by atoms with van der Waals surface area (Å²) in [4.78, 5) is 0. The molecule has 0 saturated heterocycles. The molecule has 0 radical (unpaired) electrons. The van der Waals surface area contributed by atoms with Gasteiger partial charge in [-0.3, -0.25) is 0 Å². The molecule has 5 rings (SSSR count). The summed E-state index contributed by atoms with van der Waals surface area (Å²) in [6.07, 6.45) is 12.2. The van der Waals surface area contributed by atoms with Crippen LogP contribution in [-0.4, -0.2) is 22.9 Å². The second kappa shape index (κ2) is 7.09. The predicted molar refractivity (Wildman–Crippen MR) is 132 cm³/mol. The predicted octanol–water partition coefficient (Wildman–Crippen LogP) is 7.00. The normalized spacial score (nSPS) is 56.5. The van der Waals surface area contributed by atoms with E-state index in [2.05, 4.69) is 48.1 Å². The van der Waals surface area contributed by atoms with Gasteiger partial charge in [0.15, 0.2) is 0 Å². The Hall–Kier alpha value is -0.340. The highest BCUT2D eigenvalue weighted by Crippen LogP contribution is 2.77. The van der Waals surface area contributed by atoms with Gasteiger partial charge < -0.3 is 10.2 Å². The molecule has 0 aromatic heterocycles. The lowest BCUT2D eigenvalue weighted by Crippen LogP contribution is -2.66. The maximum absolute atomic E-state index is 10.9. The lowest BCUT2D eigenvalue weighted by atomic mass is 9.32. The first kappa shape index (κ1) is 23.4. The Morgan fingerprint density at radius 1 is 0.812 bits per heavy atom. The smallest absolute Gasteiger partial charge is 0.0594 e. The Morgan fingerprint density at radius 3 is 2.19 bits per heavy atom. The third-order valence-electron chi connectivity index (χ3n) is 13.5. The average Bonchev–Trinajstić information content (AvgIpc) is 3.12. The summed E-state index contributed by atoms with van der Waals surface area (Å²) in [5.74, 6) is 3.33. The molecule has 0 spiro atoms. The second-order valence-electron chi connectivity index (χ2n) is 14.6. The number of allylic oxidation sites excluding steroid dienone is 1. The fraction of sp³-hybridized carbons (Fsp3) is 0.933. The molecule has 0 aromatic carbocycles. The largest absolute Gasteiger partial charge is 0.396 e. The molecular formula is C30H50O2. The van der Waals surface area contributed by atoms with Crippen molar-refractivity contribution >= 4 is 0 Å². The van der Waals surface area contributed by atoms with E-state index < -0.39 is 0 Å². The minimum absolute atomic E-state index is 0.0290. The highest BCUT2D eigenvalue weighted by atomic mass is 16.3. The van der Waals surface area contributed by atoms with Crippen molar-refractivity contribution in [3.63, 3.8) is 0 Å². The van der Waals surface area contributed by atoms with E-state index in [0.29, 0.717) is 40.6 Å². The van der Waals surface area contributed by atoms with Crippen molar-refractivity contribution < 1.29 is 10.2 Å². The lowest BCUT2D eigenvalue weighted by Gasteiger charge is -2.73. The molecule has 0 bridgehead atoms. The third-order valence-corrected chi connectivity index (χ3v) is 13.5. The van der Waals surface area contributed by atoms with Gasteiger partial charge in [0.25, 0.3) is 0 Å². The van der Waals surface area contributed by atoms with Crippen molar-refractivity contribution in [3.05, 3.63) is 12.2 Å². The van der Waals surface area contributed by atoms with Gasteiger partial charge in [0.2, 0.25) is 0 Å². The first-order chi connectivity index (χ1) is 14.9. The first-order valence-electron chi connectivity index (χ1n) is 13.8. The molecule has 2 nitrogen and oxygen atoms in total. The molecule has 0 aliphatic heterocycles. The van der Waals surface area contributed by atoms with Gasteiger partial charge in [-0.05, 0) is 128 Å². The highest BCUT2D eigenvalue weighted by Gasteiger charge is 2.70. The van der Waals surface area contributed by atoms with E-state index in [0.717, 1.165) is 18.3 Å². The van der Waals surface area contributed by atoms with Gasteiger partial charge in [0.1, 0.15) is 0 Å². The van der Waals surface area contributed by atoms with Crippen molar-refractivity contribution in [1.82, 2.24) is 0 Å². The molecular weight excluding hydrogens is 392 g/mol. The van der Waals surface area contributed by atoms with Gasteiger partial charge in [-0.1, -0.05) is 46.8 Å². The lowest BCUT2D eigenvalue weighted by molar-refractivity contribution is -0.249. The van der Waals surface area contributed by atoms with Crippen LogP contribution in [0, 0.1) is 56.7 Å². The molecule has 5 fully saturated rings. The Labute approximate surface area is 197 Å². The average molecular weight is 443 g/mol. The van der Waals surface area contributed by atoms with Crippen LogP contribution in [0.4, 0.5) is 0 Å². The molecule has 10 atom stereocenters. The molecule has 2 N–H and O–H groups in total. The molecule has 4 unspecified atom stereocenters. The molecule has 0 heterocycles. The summed E-state index contributed by atoms with van der Waals surface area (Å²) >= 11 is 0. The Morgan fingerprint density at radius 2 is 1.53 bits per heavy atom. The molecule has 0 amide bonds. The van der Waals surface area contributed by atoms with E-state index in [1.54, 1.807) is 0 Å². The third kappa shape index (κ3) is 2.66. The van der Waals surface area contributed by atoms with Crippen molar-refractivity contribution in [2.24, 2.45) is 56.7 Å². The summed E-state index contributed by atoms with van der Waals surface area (Å²) < 4.78 is 0. The Kier molecular flexibility index (Phi) is 5.19. The van der Waals surface area contributed by atoms with Crippen LogP contribution in [0.2, 0.25) is 0 Å². The van der Waals surface area contributed by atoms with Crippen LogP contribution in [0.5, 0.6) is 0 Å². The van der Waals surface area contributed by atoms with E-state index in [1.807, 2.05) is 0 Å². The maximum Gasteiger partial charge on any atom is 0.0594 e. The number of hydrogen-bond donors (Lipinski definition) is 2. The SMILES string of the molecule is C=C(C)C1CC[C@]2(CO)CC[C@@]3(C)[C@H](CC[C@@H]4[C@@]5(C)CCC(O)C(C)(C)C5CC[C@@]43C)C12. The zero-order chi connectivity index (χ0) is 23.3. The maximum atomic E-state index is 10.9. The van der Waals surface area contributed by atoms with Crippen LogP contribution in [-0.2, 0) is 0 Å². The Bertz CT molecular complexity index is 786. The second-order valence-corrected chi connectivity index (χ2v) is 14.6. The molecule has 32 heavy (non-hydrogen) atoms. The quantitative estimate of drug-likeness (QED) is 0.452. The number of aliphatic hydroxyl groups excluding tert-OH is 2. The van der Waals surface area contributed by atoms with E-state index in [1.165, 1.54) is 63.4 Å². The summed E-state index contributed by atoms with van der Waals surface area (Å²) in [5, 5.41) is 21.5. The van der Waals surface area contributed by atoms with Crippen LogP contribution >= 0.6 is 0 Å². The standard InChI is InChI=1S/C30H50O2/c1-19(2)20-10-15-30(18-31)17-16-28(6)21(25(20)30)8-9-23-27(5)13-12-24(32)26(3,4)22(27)11-14-29(23,28)7/h20-25,31-32H,1,8-18H2,2-7H3/t20?,21-,22?,23-,24?,25?,27+,28+,29+,30-/m1/s1. The minimum Gasteiger partial charge on any atom is -0.396 e. The van der Waals surface area contributed by atoms with Gasteiger partial charge in [0.05, 0.1) is 6.10 Å². The fourth-order valence-corrected chi connectivity index (χ4v) is 11.5. The van der Waals surface area contributed by atoms with Crippen LogP contribution in [0.1, 0.15) is 106 Å².